The fraction of sp³-hybridized carbons (Fsp3) is 0.300. The predicted molar refractivity (Wildman–Crippen MR) is 94.7 cm³/mol. The number of halogens is 1. The number of hydrogen-bond acceptors (Lipinski definition) is 5. The molecule has 1 N–H and O–H groups in total. The van der Waals surface area contributed by atoms with E-state index in [0.29, 0.717) is 31.3 Å². The average Bonchev–Trinajstić information content (AvgIpc) is 3.39. The van der Waals surface area contributed by atoms with Crippen molar-refractivity contribution < 1.29 is 22.9 Å². The van der Waals surface area contributed by atoms with E-state index < -0.39 is 0 Å². The molecule has 1 aromatic carbocycles. The van der Waals surface area contributed by atoms with Crippen LogP contribution in [0.4, 0.5) is 4.39 Å². The molecule has 1 amide bonds. The smallest absolute Gasteiger partial charge is 0.273 e. The highest BCUT2D eigenvalue weighted by Crippen LogP contribution is 2.34. The summed E-state index contributed by atoms with van der Waals surface area (Å²) in [5.74, 6) is 0.292. The minimum atomic E-state index is -0.329. The first-order valence-corrected chi connectivity index (χ1v) is 8.79. The van der Waals surface area contributed by atoms with E-state index in [4.69, 9.17) is 13.7 Å². The number of nitrogens with zero attached hydrogens (tertiary/aromatic N) is 1. The Hall–Kier alpha value is -2.93. The SMILES string of the molecule is O=C(NCC1(c2ccc(F)cc2)CCOCC1)c1cc(-c2ccco2)on1. The van der Waals surface area contributed by atoms with Gasteiger partial charge in [0.1, 0.15) is 5.82 Å². The van der Waals surface area contributed by atoms with Crippen LogP contribution in [0.1, 0.15) is 28.9 Å². The summed E-state index contributed by atoms with van der Waals surface area (Å²) >= 11 is 0. The maximum atomic E-state index is 13.3. The molecule has 1 aliphatic rings. The zero-order valence-electron chi connectivity index (χ0n) is 14.6. The van der Waals surface area contributed by atoms with Crippen molar-refractivity contribution in [3.05, 3.63) is 65.8 Å². The van der Waals surface area contributed by atoms with Gasteiger partial charge in [-0.05, 0) is 42.7 Å². The van der Waals surface area contributed by atoms with Gasteiger partial charge in [0.2, 0.25) is 5.76 Å². The number of aromatic nitrogens is 1. The third-order valence-electron chi connectivity index (χ3n) is 5.00. The summed E-state index contributed by atoms with van der Waals surface area (Å²) in [5.41, 5.74) is 0.876. The standard InChI is InChI=1S/C20H19FN2O4/c21-15-5-3-14(4-6-15)20(7-10-25-11-8-20)13-22-19(24)16-12-18(27-23-16)17-2-1-9-26-17/h1-6,9,12H,7-8,10-11,13H2,(H,22,24). The molecule has 0 saturated carbocycles. The molecule has 7 heteroatoms. The molecule has 1 aliphatic heterocycles. The zero-order chi connectivity index (χ0) is 18.7. The molecule has 3 aromatic rings. The minimum Gasteiger partial charge on any atom is -0.461 e. The highest BCUT2D eigenvalue weighted by atomic mass is 19.1. The van der Waals surface area contributed by atoms with E-state index in [0.717, 1.165) is 18.4 Å². The first-order chi connectivity index (χ1) is 13.2. The van der Waals surface area contributed by atoms with Crippen molar-refractivity contribution in [3.8, 4) is 11.5 Å². The molecule has 0 bridgehead atoms. The Bertz CT molecular complexity index is 896. The van der Waals surface area contributed by atoms with E-state index in [1.165, 1.54) is 18.4 Å². The van der Waals surface area contributed by atoms with Crippen molar-refractivity contribution >= 4 is 5.91 Å². The van der Waals surface area contributed by atoms with Crippen LogP contribution >= 0.6 is 0 Å². The first kappa shape index (κ1) is 17.5. The average molecular weight is 370 g/mol. The molecule has 6 nitrogen and oxygen atoms in total. The maximum absolute atomic E-state index is 13.3. The Morgan fingerprint density at radius 2 is 1.93 bits per heavy atom. The Morgan fingerprint density at radius 3 is 2.63 bits per heavy atom. The van der Waals surface area contributed by atoms with Gasteiger partial charge < -0.3 is 19.0 Å². The van der Waals surface area contributed by atoms with E-state index >= 15 is 0 Å². The number of hydrogen-bond donors (Lipinski definition) is 1. The molecule has 3 heterocycles. The van der Waals surface area contributed by atoms with Crippen molar-refractivity contribution in [2.24, 2.45) is 0 Å². The monoisotopic (exact) mass is 370 g/mol. The third-order valence-corrected chi connectivity index (χ3v) is 5.00. The van der Waals surface area contributed by atoms with Gasteiger partial charge >= 0.3 is 0 Å². The Labute approximate surface area is 155 Å². The highest BCUT2D eigenvalue weighted by molar-refractivity contribution is 5.93. The molecule has 0 aliphatic carbocycles. The van der Waals surface area contributed by atoms with Gasteiger partial charge in [0, 0.05) is 31.2 Å². The van der Waals surface area contributed by atoms with E-state index in [9.17, 15) is 9.18 Å². The van der Waals surface area contributed by atoms with Crippen LogP contribution < -0.4 is 5.32 Å². The van der Waals surface area contributed by atoms with Crippen molar-refractivity contribution in [2.45, 2.75) is 18.3 Å². The molecule has 2 aromatic heterocycles. The second kappa shape index (κ2) is 7.36. The number of rotatable bonds is 5. The van der Waals surface area contributed by atoms with Crippen LogP contribution in [0.5, 0.6) is 0 Å². The number of carbonyl (C=O) groups is 1. The summed E-state index contributed by atoms with van der Waals surface area (Å²) in [7, 11) is 0. The lowest BCUT2D eigenvalue weighted by molar-refractivity contribution is 0.0486. The number of ether oxygens (including phenoxy) is 1. The summed E-state index contributed by atoms with van der Waals surface area (Å²) in [6.45, 7) is 1.60. The number of amides is 1. The summed E-state index contributed by atoms with van der Waals surface area (Å²) in [6.07, 6.45) is 3.01. The van der Waals surface area contributed by atoms with E-state index in [2.05, 4.69) is 10.5 Å². The molecule has 27 heavy (non-hydrogen) atoms. The first-order valence-electron chi connectivity index (χ1n) is 8.79. The summed E-state index contributed by atoms with van der Waals surface area (Å²) in [4.78, 5) is 12.5. The lowest BCUT2D eigenvalue weighted by atomic mass is 9.74. The molecule has 0 unspecified atom stereocenters. The van der Waals surface area contributed by atoms with Crippen LogP contribution in [-0.2, 0) is 10.2 Å². The van der Waals surface area contributed by atoms with Crippen molar-refractivity contribution in [1.29, 1.82) is 0 Å². The normalized spacial score (nSPS) is 16.2. The Balaban J connectivity index is 1.49. The lowest BCUT2D eigenvalue weighted by Crippen LogP contribution is -2.44. The fourth-order valence-corrected chi connectivity index (χ4v) is 3.39. The number of benzene rings is 1. The summed E-state index contributed by atoms with van der Waals surface area (Å²) < 4.78 is 29.2. The van der Waals surface area contributed by atoms with Crippen LogP contribution in [-0.4, -0.2) is 30.8 Å². The van der Waals surface area contributed by atoms with Gasteiger partial charge in [0.05, 0.1) is 6.26 Å². The summed E-state index contributed by atoms with van der Waals surface area (Å²) in [5, 5.41) is 6.76. The van der Waals surface area contributed by atoms with Crippen LogP contribution in [0.3, 0.4) is 0 Å². The molecule has 4 rings (SSSR count). The maximum Gasteiger partial charge on any atom is 0.273 e. The van der Waals surface area contributed by atoms with Crippen LogP contribution in [0, 0.1) is 5.82 Å². The fourth-order valence-electron chi connectivity index (χ4n) is 3.39. The van der Waals surface area contributed by atoms with Crippen LogP contribution in [0.15, 0.2) is 57.7 Å². The van der Waals surface area contributed by atoms with Gasteiger partial charge in [-0.25, -0.2) is 4.39 Å². The van der Waals surface area contributed by atoms with Crippen LogP contribution in [0.25, 0.3) is 11.5 Å². The Kier molecular flexibility index (Phi) is 4.77. The molecule has 0 radical (unpaired) electrons. The van der Waals surface area contributed by atoms with E-state index in [1.807, 2.05) is 0 Å². The van der Waals surface area contributed by atoms with Gasteiger partial charge in [-0.1, -0.05) is 17.3 Å². The molecule has 1 saturated heterocycles. The molecule has 0 spiro atoms. The lowest BCUT2D eigenvalue weighted by Gasteiger charge is -2.37. The van der Waals surface area contributed by atoms with Gasteiger partial charge in [0.25, 0.3) is 5.91 Å². The van der Waals surface area contributed by atoms with Gasteiger partial charge in [0.15, 0.2) is 11.5 Å². The molecule has 1 fully saturated rings. The van der Waals surface area contributed by atoms with E-state index in [1.54, 1.807) is 30.3 Å². The summed E-state index contributed by atoms with van der Waals surface area (Å²) in [6, 6.07) is 11.4. The minimum absolute atomic E-state index is 0.183. The number of nitrogens with one attached hydrogen (secondary N) is 1. The van der Waals surface area contributed by atoms with Crippen molar-refractivity contribution in [1.82, 2.24) is 10.5 Å². The second-order valence-corrected chi connectivity index (χ2v) is 6.64. The van der Waals surface area contributed by atoms with Crippen molar-refractivity contribution in [2.75, 3.05) is 19.8 Å². The quantitative estimate of drug-likeness (QED) is 0.743. The van der Waals surface area contributed by atoms with Crippen molar-refractivity contribution in [3.63, 3.8) is 0 Å². The topological polar surface area (TPSA) is 77.5 Å². The Morgan fingerprint density at radius 1 is 1.15 bits per heavy atom. The third kappa shape index (κ3) is 3.64. The van der Waals surface area contributed by atoms with Gasteiger partial charge in [-0.2, -0.15) is 0 Å². The molecular weight excluding hydrogens is 351 g/mol. The predicted octanol–water partition coefficient (Wildman–Crippen LogP) is 3.55. The van der Waals surface area contributed by atoms with Gasteiger partial charge in [-0.15, -0.1) is 0 Å². The number of carbonyl (C=O) groups excluding carboxylic acids is 1. The second-order valence-electron chi connectivity index (χ2n) is 6.64. The zero-order valence-corrected chi connectivity index (χ0v) is 14.6. The largest absolute Gasteiger partial charge is 0.461 e. The number of furan rings is 1. The van der Waals surface area contributed by atoms with Crippen LogP contribution in [0.2, 0.25) is 0 Å². The molecular formula is C20H19FN2O4. The molecule has 140 valence electrons. The molecule has 0 atom stereocenters. The van der Waals surface area contributed by atoms with Gasteiger partial charge in [-0.3, -0.25) is 4.79 Å². The van der Waals surface area contributed by atoms with E-state index in [-0.39, 0.29) is 22.8 Å². The highest BCUT2D eigenvalue weighted by Gasteiger charge is 2.35.